The molecule has 0 unspecified atom stereocenters. The second kappa shape index (κ2) is 8.19. The van der Waals surface area contributed by atoms with Gasteiger partial charge in [0, 0.05) is 24.1 Å². The number of halogens is 1. The van der Waals surface area contributed by atoms with Gasteiger partial charge in [0.15, 0.2) is 0 Å². The topological polar surface area (TPSA) is 78.5 Å². The highest BCUT2D eigenvalue weighted by atomic mass is 79.9. The van der Waals surface area contributed by atoms with Gasteiger partial charge in [-0.1, -0.05) is 45.9 Å². The molecule has 0 aromatic heterocycles. The number of amides is 4. The van der Waals surface area contributed by atoms with Crippen LogP contribution in [-0.4, -0.2) is 47.5 Å². The first-order valence-electron chi connectivity index (χ1n) is 6.80. The fourth-order valence-corrected chi connectivity index (χ4v) is 3.19. The summed E-state index contributed by atoms with van der Waals surface area (Å²) in [4.78, 5) is 35.5. The van der Waals surface area contributed by atoms with E-state index in [1.807, 2.05) is 24.3 Å². The Morgan fingerprint density at radius 1 is 1.23 bits per heavy atom. The van der Waals surface area contributed by atoms with Gasteiger partial charge in [-0.15, -0.1) is 0 Å². The summed E-state index contributed by atoms with van der Waals surface area (Å²) in [5, 5.41) is 5.13. The van der Waals surface area contributed by atoms with Gasteiger partial charge in [-0.2, -0.15) is 0 Å². The lowest BCUT2D eigenvalue weighted by Gasteiger charge is -2.13. The van der Waals surface area contributed by atoms with Crippen LogP contribution in [0.15, 0.2) is 28.7 Å². The van der Waals surface area contributed by atoms with E-state index in [4.69, 9.17) is 0 Å². The number of rotatable bonds is 6. The van der Waals surface area contributed by atoms with Crippen LogP contribution in [0.5, 0.6) is 0 Å². The van der Waals surface area contributed by atoms with Crippen LogP contribution >= 0.6 is 27.7 Å². The van der Waals surface area contributed by atoms with Crippen LogP contribution in [0.3, 0.4) is 0 Å². The minimum atomic E-state index is -0.307. The summed E-state index contributed by atoms with van der Waals surface area (Å²) in [6, 6.07) is 7.53. The van der Waals surface area contributed by atoms with Crippen LogP contribution in [0.2, 0.25) is 0 Å². The molecular formula is C14H16BrN3O3S. The van der Waals surface area contributed by atoms with Crippen LogP contribution in [0.25, 0.3) is 0 Å². The van der Waals surface area contributed by atoms with Crippen molar-refractivity contribution < 1.29 is 14.4 Å². The Balaban J connectivity index is 1.63. The molecule has 0 aliphatic carbocycles. The number of nitrogens with zero attached hydrogens (tertiary/aromatic N) is 1. The number of nitrogens with one attached hydrogen (secondary N) is 2. The number of hydrogen-bond donors (Lipinski definition) is 2. The third-order valence-electron chi connectivity index (χ3n) is 3.10. The Labute approximate surface area is 141 Å². The lowest BCUT2D eigenvalue weighted by atomic mass is 10.1. The van der Waals surface area contributed by atoms with Crippen molar-refractivity contribution in [2.45, 2.75) is 6.42 Å². The number of urea groups is 1. The first-order valence-corrected chi connectivity index (χ1v) is 8.58. The Kier molecular flexibility index (Phi) is 6.26. The Morgan fingerprint density at radius 3 is 2.64 bits per heavy atom. The van der Waals surface area contributed by atoms with Gasteiger partial charge in [0.1, 0.15) is 0 Å². The van der Waals surface area contributed by atoms with Gasteiger partial charge < -0.3 is 10.6 Å². The van der Waals surface area contributed by atoms with Crippen LogP contribution < -0.4 is 10.6 Å². The number of hydrogen-bond acceptors (Lipinski definition) is 4. The quantitative estimate of drug-likeness (QED) is 0.784. The monoisotopic (exact) mass is 385 g/mol. The molecule has 2 N–H and O–H groups in total. The summed E-state index contributed by atoms with van der Waals surface area (Å²) in [5.41, 5.74) is 1.12. The molecule has 1 heterocycles. The second-order valence-corrected chi connectivity index (χ2v) is 6.40. The van der Waals surface area contributed by atoms with Gasteiger partial charge in [-0.3, -0.25) is 14.5 Å². The zero-order valence-corrected chi connectivity index (χ0v) is 14.2. The molecule has 1 aliphatic heterocycles. The van der Waals surface area contributed by atoms with E-state index in [-0.39, 0.29) is 36.0 Å². The Bertz CT molecular complexity index is 566. The highest BCUT2D eigenvalue weighted by molar-refractivity contribution is 9.10. The van der Waals surface area contributed by atoms with E-state index < -0.39 is 0 Å². The molecule has 0 saturated carbocycles. The van der Waals surface area contributed by atoms with Crippen molar-refractivity contribution >= 4 is 44.9 Å². The molecule has 1 aromatic carbocycles. The van der Waals surface area contributed by atoms with E-state index in [1.54, 1.807) is 0 Å². The Hall–Kier alpha value is -1.54. The largest absolute Gasteiger partial charge is 0.338 e. The molecule has 1 saturated heterocycles. The number of carbonyl (C=O) groups is 3. The predicted octanol–water partition coefficient (Wildman–Crippen LogP) is 1.99. The minimum absolute atomic E-state index is 0.191. The smallest absolute Gasteiger partial charge is 0.314 e. The van der Waals surface area contributed by atoms with Crippen molar-refractivity contribution in [1.82, 2.24) is 15.5 Å². The summed E-state index contributed by atoms with van der Waals surface area (Å²) in [6.07, 6.45) is 0.717. The fourth-order valence-electron chi connectivity index (χ4n) is 1.95. The van der Waals surface area contributed by atoms with Crippen molar-refractivity contribution in [2.75, 3.05) is 25.4 Å². The number of imide groups is 1. The standard InChI is InChI=1S/C14H16BrN3O3S/c15-11-4-2-1-3-10(11)5-6-16-13(20)17-7-8-18-12(19)9-22-14(18)21/h1-4H,5-9H2,(H2,16,17,20). The maximum absolute atomic E-state index is 11.6. The molecule has 4 amide bonds. The number of thioether (sulfide) groups is 1. The Morgan fingerprint density at radius 2 is 1.95 bits per heavy atom. The van der Waals surface area contributed by atoms with E-state index in [2.05, 4.69) is 26.6 Å². The fraction of sp³-hybridized carbons (Fsp3) is 0.357. The van der Waals surface area contributed by atoms with Crippen molar-refractivity contribution in [2.24, 2.45) is 0 Å². The third kappa shape index (κ3) is 4.74. The van der Waals surface area contributed by atoms with E-state index >= 15 is 0 Å². The van der Waals surface area contributed by atoms with Crippen molar-refractivity contribution in [1.29, 1.82) is 0 Å². The van der Waals surface area contributed by atoms with E-state index in [0.717, 1.165) is 26.7 Å². The maximum Gasteiger partial charge on any atom is 0.314 e. The lowest BCUT2D eigenvalue weighted by molar-refractivity contribution is -0.124. The normalized spacial score (nSPS) is 14.3. The highest BCUT2D eigenvalue weighted by Crippen LogP contribution is 2.17. The molecule has 0 atom stereocenters. The van der Waals surface area contributed by atoms with Gasteiger partial charge in [-0.05, 0) is 18.1 Å². The zero-order chi connectivity index (χ0) is 15.9. The zero-order valence-electron chi connectivity index (χ0n) is 11.8. The van der Waals surface area contributed by atoms with Crippen molar-refractivity contribution in [3.8, 4) is 0 Å². The molecule has 0 spiro atoms. The van der Waals surface area contributed by atoms with Crippen LogP contribution in [0, 0.1) is 0 Å². The number of carbonyl (C=O) groups excluding carboxylic acids is 3. The lowest BCUT2D eigenvalue weighted by Crippen LogP contribution is -2.42. The molecule has 1 aromatic rings. The van der Waals surface area contributed by atoms with Gasteiger partial charge in [0.25, 0.3) is 5.24 Å². The summed E-state index contributed by atoms with van der Waals surface area (Å²) in [7, 11) is 0. The highest BCUT2D eigenvalue weighted by Gasteiger charge is 2.29. The first kappa shape index (κ1) is 16.8. The molecule has 2 rings (SSSR count). The van der Waals surface area contributed by atoms with Crippen LogP contribution in [-0.2, 0) is 11.2 Å². The summed E-state index contributed by atoms with van der Waals surface area (Å²) in [5.74, 6) is -0.0112. The molecule has 0 bridgehead atoms. The first-order chi connectivity index (χ1) is 10.6. The van der Waals surface area contributed by atoms with Gasteiger partial charge in [0.05, 0.1) is 5.75 Å². The van der Waals surface area contributed by atoms with Gasteiger partial charge in [-0.25, -0.2) is 4.79 Å². The summed E-state index contributed by atoms with van der Waals surface area (Å²) < 4.78 is 1.01. The average molecular weight is 386 g/mol. The van der Waals surface area contributed by atoms with Crippen molar-refractivity contribution in [3.05, 3.63) is 34.3 Å². The second-order valence-electron chi connectivity index (χ2n) is 4.62. The van der Waals surface area contributed by atoms with Gasteiger partial charge >= 0.3 is 6.03 Å². The molecule has 1 fully saturated rings. The molecule has 118 valence electrons. The predicted molar refractivity (Wildman–Crippen MR) is 88.8 cm³/mol. The van der Waals surface area contributed by atoms with Crippen LogP contribution in [0.1, 0.15) is 5.56 Å². The average Bonchev–Trinajstić information content (AvgIpc) is 2.81. The summed E-state index contributed by atoms with van der Waals surface area (Å²) in [6.45, 7) is 0.965. The van der Waals surface area contributed by atoms with Gasteiger partial charge in [0.2, 0.25) is 5.91 Å². The van der Waals surface area contributed by atoms with E-state index in [1.165, 1.54) is 0 Å². The van der Waals surface area contributed by atoms with Crippen LogP contribution in [0.4, 0.5) is 9.59 Å². The third-order valence-corrected chi connectivity index (χ3v) is 4.73. The molecule has 8 heteroatoms. The maximum atomic E-state index is 11.6. The molecule has 6 nitrogen and oxygen atoms in total. The summed E-state index contributed by atoms with van der Waals surface area (Å²) >= 11 is 4.44. The molecule has 0 radical (unpaired) electrons. The SMILES string of the molecule is O=C(NCCc1ccccc1Br)NCCN1C(=O)CSC1=O. The van der Waals surface area contributed by atoms with E-state index in [9.17, 15) is 14.4 Å². The minimum Gasteiger partial charge on any atom is -0.338 e. The van der Waals surface area contributed by atoms with E-state index in [0.29, 0.717) is 13.0 Å². The molecule has 1 aliphatic rings. The molecule has 22 heavy (non-hydrogen) atoms. The number of benzene rings is 1. The molecular weight excluding hydrogens is 370 g/mol. The van der Waals surface area contributed by atoms with Crippen molar-refractivity contribution in [3.63, 3.8) is 0 Å².